The molecule has 1 saturated heterocycles. The van der Waals surface area contributed by atoms with Crippen LogP contribution in [0.2, 0.25) is 0 Å². The first-order chi connectivity index (χ1) is 8.51. The van der Waals surface area contributed by atoms with E-state index in [0.717, 1.165) is 19.5 Å². The van der Waals surface area contributed by atoms with Crippen molar-refractivity contribution < 1.29 is 8.42 Å². The maximum atomic E-state index is 12.6. The Morgan fingerprint density at radius 3 is 2.50 bits per heavy atom. The fourth-order valence-electron chi connectivity index (χ4n) is 2.44. The molecule has 4 nitrogen and oxygen atoms in total. The lowest BCUT2D eigenvalue weighted by Crippen LogP contribution is -2.41. The quantitative estimate of drug-likeness (QED) is 0.814. The van der Waals surface area contributed by atoms with Crippen molar-refractivity contribution >= 4 is 10.0 Å². The average molecular weight is 268 g/mol. The van der Waals surface area contributed by atoms with Gasteiger partial charge in [-0.3, -0.25) is 0 Å². The Balaban J connectivity index is 2.29. The monoisotopic (exact) mass is 268 g/mol. The second kappa shape index (κ2) is 5.38. The van der Waals surface area contributed by atoms with Crippen LogP contribution in [-0.2, 0) is 10.0 Å². The molecular weight excluding hydrogens is 248 g/mol. The second-order valence-electron chi connectivity index (χ2n) is 4.89. The highest BCUT2D eigenvalue weighted by molar-refractivity contribution is 7.89. The van der Waals surface area contributed by atoms with Crippen LogP contribution in [-0.4, -0.2) is 50.3 Å². The Kier molecular flexibility index (Phi) is 4.04. The molecule has 0 aromatic heterocycles. The van der Waals surface area contributed by atoms with Crippen molar-refractivity contribution in [3.8, 4) is 0 Å². The summed E-state index contributed by atoms with van der Waals surface area (Å²) in [5, 5.41) is 0. The minimum absolute atomic E-state index is 0.0164. The van der Waals surface area contributed by atoms with Crippen molar-refractivity contribution in [2.24, 2.45) is 0 Å². The van der Waals surface area contributed by atoms with Crippen LogP contribution in [0, 0.1) is 0 Å². The lowest BCUT2D eigenvalue weighted by Gasteiger charge is -2.27. The average Bonchev–Trinajstić information content (AvgIpc) is 2.51. The Bertz CT molecular complexity index is 487. The number of sulfonamides is 1. The predicted octanol–water partition coefficient (Wildman–Crippen LogP) is 1.40. The van der Waals surface area contributed by atoms with Gasteiger partial charge in [-0.2, -0.15) is 4.31 Å². The Hall–Kier alpha value is -0.910. The highest BCUT2D eigenvalue weighted by Gasteiger charge is 2.30. The summed E-state index contributed by atoms with van der Waals surface area (Å²) in [7, 11) is -1.31. The topological polar surface area (TPSA) is 40.6 Å². The van der Waals surface area contributed by atoms with E-state index in [2.05, 4.69) is 4.90 Å². The summed E-state index contributed by atoms with van der Waals surface area (Å²) < 4.78 is 26.8. The van der Waals surface area contributed by atoms with Gasteiger partial charge in [-0.25, -0.2) is 8.42 Å². The van der Waals surface area contributed by atoms with Crippen LogP contribution in [0.5, 0.6) is 0 Å². The fraction of sp³-hybridized carbons (Fsp3) is 0.538. The molecule has 1 unspecified atom stereocenters. The summed E-state index contributed by atoms with van der Waals surface area (Å²) in [6.07, 6.45) is 0.882. The summed E-state index contributed by atoms with van der Waals surface area (Å²) in [5.74, 6) is 0. The van der Waals surface area contributed by atoms with Crippen molar-refractivity contribution in [2.45, 2.75) is 24.3 Å². The first-order valence-corrected chi connectivity index (χ1v) is 7.71. The number of likely N-dealkylation sites (N-methyl/N-ethyl adjacent to an activating group) is 1. The SMILES string of the molecule is CC1CN(C)CCCN1S(=O)(=O)c1ccccc1. The Morgan fingerprint density at radius 1 is 1.17 bits per heavy atom. The third-order valence-electron chi connectivity index (χ3n) is 3.34. The maximum absolute atomic E-state index is 12.6. The van der Waals surface area contributed by atoms with Gasteiger partial charge in [0.1, 0.15) is 0 Å². The van der Waals surface area contributed by atoms with E-state index in [1.165, 1.54) is 0 Å². The molecule has 100 valence electrons. The normalized spacial score (nSPS) is 23.8. The molecule has 1 fully saturated rings. The van der Waals surface area contributed by atoms with Crippen LogP contribution < -0.4 is 0 Å². The van der Waals surface area contributed by atoms with Gasteiger partial charge in [0.25, 0.3) is 0 Å². The van der Waals surface area contributed by atoms with Crippen LogP contribution in [0.1, 0.15) is 13.3 Å². The van der Waals surface area contributed by atoms with Crippen molar-refractivity contribution in [1.29, 1.82) is 0 Å². The second-order valence-corrected chi connectivity index (χ2v) is 6.78. The Morgan fingerprint density at radius 2 is 1.83 bits per heavy atom. The first-order valence-electron chi connectivity index (χ1n) is 6.27. The van der Waals surface area contributed by atoms with Crippen molar-refractivity contribution in [1.82, 2.24) is 9.21 Å². The lowest BCUT2D eigenvalue weighted by molar-refractivity contribution is 0.290. The standard InChI is InChI=1S/C13H20N2O2S/c1-12-11-14(2)9-6-10-15(12)18(16,17)13-7-4-3-5-8-13/h3-5,7-8,12H,6,9-11H2,1-2H3. The number of hydrogen-bond acceptors (Lipinski definition) is 3. The van der Waals surface area contributed by atoms with E-state index in [1.807, 2.05) is 20.0 Å². The molecule has 0 radical (unpaired) electrons. The number of hydrogen-bond donors (Lipinski definition) is 0. The summed E-state index contributed by atoms with van der Waals surface area (Å²) in [6, 6.07) is 8.71. The minimum Gasteiger partial charge on any atom is -0.305 e. The van der Waals surface area contributed by atoms with Gasteiger partial charge in [0.05, 0.1) is 4.90 Å². The van der Waals surface area contributed by atoms with Crippen molar-refractivity contribution in [3.05, 3.63) is 30.3 Å². The fourth-order valence-corrected chi connectivity index (χ4v) is 4.12. The molecule has 0 N–H and O–H groups in total. The van der Waals surface area contributed by atoms with Gasteiger partial charge in [0, 0.05) is 19.1 Å². The number of nitrogens with zero attached hydrogens (tertiary/aromatic N) is 2. The molecule has 0 saturated carbocycles. The van der Waals surface area contributed by atoms with Gasteiger partial charge >= 0.3 is 0 Å². The zero-order valence-corrected chi connectivity index (χ0v) is 11.7. The van der Waals surface area contributed by atoms with E-state index in [1.54, 1.807) is 28.6 Å². The molecule has 0 bridgehead atoms. The highest BCUT2D eigenvalue weighted by Crippen LogP contribution is 2.20. The molecular formula is C13H20N2O2S. The Labute approximate surface area is 109 Å². The van der Waals surface area contributed by atoms with Crippen LogP contribution >= 0.6 is 0 Å². The van der Waals surface area contributed by atoms with Gasteiger partial charge < -0.3 is 4.90 Å². The van der Waals surface area contributed by atoms with Gasteiger partial charge in [0.15, 0.2) is 0 Å². The molecule has 0 aliphatic carbocycles. The molecule has 1 aromatic rings. The summed E-state index contributed by atoms with van der Waals surface area (Å²) in [6.45, 7) is 4.31. The first kappa shape index (κ1) is 13.5. The third-order valence-corrected chi connectivity index (χ3v) is 5.36. The number of benzene rings is 1. The molecule has 1 aromatic carbocycles. The zero-order chi connectivity index (χ0) is 13.2. The van der Waals surface area contributed by atoms with Crippen LogP contribution in [0.25, 0.3) is 0 Å². The summed E-state index contributed by atoms with van der Waals surface area (Å²) in [5.41, 5.74) is 0. The van der Waals surface area contributed by atoms with Crippen molar-refractivity contribution in [2.75, 3.05) is 26.7 Å². The van der Waals surface area contributed by atoms with E-state index >= 15 is 0 Å². The molecule has 0 amide bonds. The van der Waals surface area contributed by atoms with Crippen LogP contribution in [0.15, 0.2) is 35.2 Å². The highest BCUT2D eigenvalue weighted by atomic mass is 32.2. The van der Waals surface area contributed by atoms with Gasteiger partial charge in [0.2, 0.25) is 10.0 Å². The van der Waals surface area contributed by atoms with Gasteiger partial charge in [-0.15, -0.1) is 0 Å². The van der Waals surface area contributed by atoms with Crippen molar-refractivity contribution in [3.63, 3.8) is 0 Å². The van der Waals surface area contributed by atoms with Gasteiger partial charge in [-0.05, 0) is 39.1 Å². The van der Waals surface area contributed by atoms with E-state index in [4.69, 9.17) is 0 Å². The lowest BCUT2D eigenvalue weighted by atomic mass is 10.3. The van der Waals surface area contributed by atoms with Gasteiger partial charge in [-0.1, -0.05) is 18.2 Å². The predicted molar refractivity (Wildman–Crippen MR) is 71.9 cm³/mol. The number of rotatable bonds is 2. The van der Waals surface area contributed by atoms with Crippen LogP contribution in [0.4, 0.5) is 0 Å². The third kappa shape index (κ3) is 2.74. The van der Waals surface area contributed by atoms with Crippen LogP contribution in [0.3, 0.4) is 0 Å². The molecule has 0 spiro atoms. The molecule has 1 aliphatic rings. The minimum atomic E-state index is -3.35. The molecule has 5 heteroatoms. The van der Waals surface area contributed by atoms with E-state index in [-0.39, 0.29) is 6.04 Å². The van der Waals surface area contributed by atoms with E-state index in [0.29, 0.717) is 11.4 Å². The molecule has 18 heavy (non-hydrogen) atoms. The van der Waals surface area contributed by atoms with E-state index in [9.17, 15) is 8.42 Å². The molecule has 2 rings (SSSR count). The largest absolute Gasteiger partial charge is 0.305 e. The molecule has 1 heterocycles. The molecule has 1 aliphatic heterocycles. The summed E-state index contributed by atoms with van der Waals surface area (Å²) in [4.78, 5) is 2.58. The summed E-state index contributed by atoms with van der Waals surface area (Å²) >= 11 is 0. The maximum Gasteiger partial charge on any atom is 0.243 e. The molecule has 1 atom stereocenters. The zero-order valence-electron chi connectivity index (χ0n) is 10.9. The van der Waals surface area contributed by atoms with E-state index < -0.39 is 10.0 Å². The smallest absolute Gasteiger partial charge is 0.243 e.